The molecule has 0 bridgehead atoms. The number of carboxylic acids is 1. The average Bonchev–Trinajstić information content (AvgIpc) is 2.79. The summed E-state index contributed by atoms with van der Waals surface area (Å²) in [5, 5.41) is 11.1. The zero-order valence-electron chi connectivity index (χ0n) is 9.29. The molecule has 1 atom stereocenters. The van der Waals surface area contributed by atoms with Gasteiger partial charge in [0.25, 0.3) is 5.91 Å². The van der Waals surface area contributed by atoms with Gasteiger partial charge in [-0.1, -0.05) is 0 Å². The Morgan fingerprint density at radius 2 is 2.33 bits per heavy atom. The van der Waals surface area contributed by atoms with Crippen molar-refractivity contribution in [1.82, 2.24) is 10.3 Å². The number of amides is 1. The van der Waals surface area contributed by atoms with E-state index in [9.17, 15) is 9.59 Å². The Morgan fingerprint density at radius 3 is 3.00 bits per heavy atom. The molecule has 18 heavy (non-hydrogen) atoms. The van der Waals surface area contributed by atoms with Crippen molar-refractivity contribution < 1.29 is 14.7 Å². The maximum atomic E-state index is 11.8. The molecule has 0 spiro atoms. The van der Waals surface area contributed by atoms with Crippen LogP contribution >= 0.6 is 11.3 Å². The van der Waals surface area contributed by atoms with Crippen molar-refractivity contribution in [2.75, 3.05) is 6.54 Å². The first-order valence-corrected chi connectivity index (χ1v) is 6.00. The molecule has 6 nitrogen and oxygen atoms in total. The molecule has 2 aromatic rings. The van der Waals surface area contributed by atoms with Gasteiger partial charge in [-0.3, -0.25) is 14.6 Å². The van der Waals surface area contributed by atoms with Gasteiger partial charge in [-0.2, -0.15) is 0 Å². The fourth-order valence-corrected chi connectivity index (χ4v) is 2.29. The summed E-state index contributed by atoms with van der Waals surface area (Å²) in [6, 6.07) is 4.23. The molecule has 94 valence electrons. The van der Waals surface area contributed by atoms with E-state index in [-0.39, 0.29) is 12.5 Å². The van der Waals surface area contributed by atoms with Crippen molar-refractivity contribution in [2.24, 2.45) is 5.73 Å². The van der Waals surface area contributed by atoms with Gasteiger partial charge in [0.05, 0.1) is 15.1 Å². The van der Waals surface area contributed by atoms with E-state index in [1.165, 1.54) is 11.3 Å². The second-order valence-electron chi connectivity index (χ2n) is 3.65. The lowest BCUT2D eigenvalue weighted by atomic mass is 10.3. The lowest BCUT2D eigenvalue weighted by molar-refractivity contribution is -0.138. The molecule has 4 N–H and O–H groups in total. The molecule has 1 amide bonds. The Hall–Kier alpha value is -1.99. The van der Waals surface area contributed by atoms with E-state index in [4.69, 9.17) is 10.8 Å². The minimum atomic E-state index is -1.15. The molecule has 0 aromatic carbocycles. The van der Waals surface area contributed by atoms with Gasteiger partial charge in [0.1, 0.15) is 6.04 Å². The number of nitrogens with zero attached hydrogens (tertiary/aromatic N) is 1. The molecular formula is C11H11N3O3S. The number of aliphatic carboxylic acids is 1. The summed E-state index contributed by atoms with van der Waals surface area (Å²) in [4.78, 5) is 26.9. The van der Waals surface area contributed by atoms with Gasteiger partial charge in [-0.15, -0.1) is 11.3 Å². The van der Waals surface area contributed by atoms with Crippen LogP contribution in [0.5, 0.6) is 0 Å². The Kier molecular flexibility index (Phi) is 3.54. The summed E-state index contributed by atoms with van der Waals surface area (Å²) in [6.45, 7) is -0.101. The van der Waals surface area contributed by atoms with E-state index in [0.29, 0.717) is 4.88 Å². The van der Waals surface area contributed by atoms with E-state index in [1.807, 2.05) is 6.07 Å². The van der Waals surface area contributed by atoms with Crippen LogP contribution in [-0.4, -0.2) is 34.6 Å². The highest BCUT2D eigenvalue weighted by atomic mass is 32.1. The third kappa shape index (κ3) is 2.63. The van der Waals surface area contributed by atoms with Crippen molar-refractivity contribution in [3.63, 3.8) is 0 Å². The molecule has 7 heteroatoms. The van der Waals surface area contributed by atoms with Gasteiger partial charge < -0.3 is 16.2 Å². The minimum Gasteiger partial charge on any atom is -0.480 e. The van der Waals surface area contributed by atoms with E-state index < -0.39 is 12.0 Å². The van der Waals surface area contributed by atoms with Crippen LogP contribution in [0.4, 0.5) is 0 Å². The Labute approximate surface area is 106 Å². The summed E-state index contributed by atoms with van der Waals surface area (Å²) < 4.78 is 0.908. The summed E-state index contributed by atoms with van der Waals surface area (Å²) >= 11 is 1.30. The number of hydrogen-bond acceptors (Lipinski definition) is 5. The van der Waals surface area contributed by atoms with Gasteiger partial charge >= 0.3 is 5.97 Å². The van der Waals surface area contributed by atoms with Gasteiger partial charge in [0, 0.05) is 12.7 Å². The maximum Gasteiger partial charge on any atom is 0.322 e. The highest BCUT2D eigenvalue weighted by Crippen LogP contribution is 2.23. The van der Waals surface area contributed by atoms with E-state index >= 15 is 0 Å². The predicted octanol–water partition coefficient (Wildman–Crippen LogP) is 0.438. The van der Waals surface area contributed by atoms with E-state index in [2.05, 4.69) is 10.3 Å². The number of rotatable bonds is 4. The van der Waals surface area contributed by atoms with Gasteiger partial charge in [0.2, 0.25) is 0 Å². The zero-order valence-corrected chi connectivity index (χ0v) is 10.1. The molecule has 2 aromatic heterocycles. The largest absolute Gasteiger partial charge is 0.480 e. The van der Waals surface area contributed by atoms with Gasteiger partial charge in [0.15, 0.2) is 0 Å². The predicted molar refractivity (Wildman–Crippen MR) is 67.6 cm³/mol. The molecule has 0 aliphatic heterocycles. The number of carbonyl (C=O) groups is 2. The molecule has 0 aliphatic carbocycles. The molecular weight excluding hydrogens is 254 g/mol. The number of pyridine rings is 1. The number of thiophene rings is 1. The third-order valence-corrected chi connectivity index (χ3v) is 3.40. The number of fused-ring (bicyclic) bond motifs is 1. The summed E-state index contributed by atoms with van der Waals surface area (Å²) in [7, 11) is 0. The number of hydrogen-bond donors (Lipinski definition) is 3. The Bertz CT molecular complexity index is 563. The van der Waals surface area contributed by atoms with Crippen LogP contribution in [0, 0.1) is 0 Å². The first kappa shape index (κ1) is 12.5. The molecule has 0 fully saturated rings. The smallest absolute Gasteiger partial charge is 0.322 e. The van der Waals surface area contributed by atoms with Crippen LogP contribution < -0.4 is 11.1 Å². The summed E-state index contributed by atoms with van der Waals surface area (Å²) in [6.07, 6.45) is 1.65. The zero-order chi connectivity index (χ0) is 13.1. The second-order valence-corrected chi connectivity index (χ2v) is 4.74. The van der Waals surface area contributed by atoms with Crippen LogP contribution in [0.15, 0.2) is 24.4 Å². The normalized spacial score (nSPS) is 12.3. The number of carbonyl (C=O) groups excluding carboxylic acids is 1. The summed E-state index contributed by atoms with van der Waals surface area (Å²) in [5.41, 5.74) is 6.04. The number of aromatic nitrogens is 1. The number of nitrogens with two attached hydrogens (primary N) is 1. The van der Waals surface area contributed by atoms with Crippen molar-refractivity contribution in [3.05, 3.63) is 29.3 Å². The number of nitrogens with one attached hydrogen (secondary N) is 1. The van der Waals surface area contributed by atoms with Crippen molar-refractivity contribution in [2.45, 2.75) is 6.04 Å². The highest BCUT2D eigenvalue weighted by molar-refractivity contribution is 7.20. The van der Waals surface area contributed by atoms with Gasteiger partial charge in [-0.25, -0.2) is 0 Å². The van der Waals surface area contributed by atoms with E-state index in [1.54, 1.807) is 18.3 Å². The minimum absolute atomic E-state index is 0.101. The molecule has 0 unspecified atom stereocenters. The topological polar surface area (TPSA) is 105 Å². The Morgan fingerprint density at radius 1 is 1.56 bits per heavy atom. The fraction of sp³-hybridized carbons (Fsp3) is 0.182. The molecule has 0 saturated carbocycles. The van der Waals surface area contributed by atoms with Crippen molar-refractivity contribution in [1.29, 1.82) is 0 Å². The average molecular weight is 265 g/mol. The molecule has 2 heterocycles. The molecule has 0 saturated heterocycles. The Balaban J connectivity index is 2.07. The lowest BCUT2D eigenvalue weighted by Crippen LogP contribution is -2.42. The second kappa shape index (κ2) is 5.11. The SMILES string of the molecule is N[C@H](CNC(=O)c1cc2ncccc2s1)C(=O)O. The third-order valence-electron chi connectivity index (χ3n) is 2.31. The van der Waals surface area contributed by atoms with Crippen molar-refractivity contribution in [3.8, 4) is 0 Å². The number of carboxylic acid groups (broad SMARTS) is 1. The quantitative estimate of drug-likeness (QED) is 0.743. The molecule has 0 radical (unpaired) electrons. The van der Waals surface area contributed by atoms with Crippen LogP contribution in [0.3, 0.4) is 0 Å². The highest BCUT2D eigenvalue weighted by Gasteiger charge is 2.15. The van der Waals surface area contributed by atoms with Crippen LogP contribution in [0.2, 0.25) is 0 Å². The summed E-state index contributed by atoms with van der Waals surface area (Å²) in [5.74, 6) is -1.48. The van der Waals surface area contributed by atoms with Crippen molar-refractivity contribution >= 4 is 33.4 Å². The van der Waals surface area contributed by atoms with Crippen LogP contribution in [-0.2, 0) is 4.79 Å². The standard InChI is InChI=1S/C11H11N3O3S/c12-6(11(16)17)5-14-10(15)9-4-7-8(18-9)2-1-3-13-7/h1-4,6H,5,12H2,(H,14,15)(H,16,17)/t6-/m1/s1. The first-order chi connectivity index (χ1) is 8.58. The maximum absolute atomic E-state index is 11.8. The van der Waals surface area contributed by atoms with E-state index in [0.717, 1.165) is 10.2 Å². The van der Waals surface area contributed by atoms with Crippen LogP contribution in [0.1, 0.15) is 9.67 Å². The van der Waals surface area contributed by atoms with Gasteiger partial charge in [-0.05, 0) is 18.2 Å². The monoisotopic (exact) mass is 265 g/mol. The first-order valence-electron chi connectivity index (χ1n) is 5.19. The lowest BCUT2D eigenvalue weighted by Gasteiger charge is -2.06. The van der Waals surface area contributed by atoms with Crippen LogP contribution in [0.25, 0.3) is 10.2 Å². The molecule has 2 rings (SSSR count). The molecule has 0 aliphatic rings. The fourth-order valence-electron chi connectivity index (χ4n) is 1.36.